The van der Waals surface area contributed by atoms with Gasteiger partial charge in [0.15, 0.2) is 0 Å². The van der Waals surface area contributed by atoms with Crippen LogP contribution in [0.5, 0.6) is 0 Å². The lowest BCUT2D eigenvalue weighted by Gasteiger charge is -2.27. The van der Waals surface area contributed by atoms with Crippen molar-refractivity contribution in [1.82, 2.24) is 14.9 Å². The Morgan fingerprint density at radius 3 is 2.89 bits per heavy atom. The lowest BCUT2D eigenvalue weighted by atomic mass is 10.2. The number of aliphatic hydroxyl groups is 1. The van der Waals surface area contributed by atoms with Gasteiger partial charge in [-0.05, 0) is 26.9 Å². The highest BCUT2D eigenvalue weighted by molar-refractivity contribution is 5.42. The Balaban J connectivity index is 2.16. The van der Waals surface area contributed by atoms with Crippen molar-refractivity contribution in [2.45, 2.75) is 38.3 Å². The first-order valence-corrected chi connectivity index (χ1v) is 7.00. The van der Waals surface area contributed by atoms with E-state index in [9.17, 15) is 5.11 Å². The summed E-state index contributed by atoms with van der Waals surface area (Å²) in [5.74, 6) is 0.946. The Morgan fingerprint density at radius 2 is 2.21 bits per heavy atom. The average Bonchev–Trinajstić information content (AvgIpc) is 2.70. The van der Waals surface area contributed by atoms with E-state index in [-0.39, 0.29) is 6.10 Å². The first kappa shape index (κ1) is 14.2. The van der Waals surface area contributed by atoms with Crippen LogP contribution in [-0.2, 0) is 6.42 Å². The number of rotatable bonds is 5. The quantitative estimate of drug-likeness (QED) is 0.857. The molecule has 0 aliphatic carbocycles. The van der Waals surface area contributed by atoms with Gasteiger partial charge in [0.05, 0.1) is 6.10 Å². The maximum Gasteiger partial charge on any atom is 0.132 e. The summed E-state index contributed by atoms with van der Waals surface area (Å²) in [6.45, 7) is 3.75. The molecule has 106 valence electrons. The normalized spacial score (nSPS) is 23.3. The highest BCUT2D eigenvalue weighted by Gasteiger charge is 2.32. The van der Waals surface area contributed by atoms with Gasteiger partial charge < -0.3 is 14.9 Å². The fraction of sp³-hybridized carbons (Fsp3) is 0.714. The lowest BCUT2D eigenvalue weighted by molar-refractivity contribution is 0.191. The number of hydrogen-bond donors (Lipinski definition) is 1. The van der Waals surface area contributed by atoms with Crippen LogP contribution in [0.3, 0.4) is 0 Å². The van der Waals surface area contributed by atoms with Crippen LogP contribution in [0, 0.1) is 0 Å². The van der Waals surface area contributed by atoms with Crippen molar-refractivity contribution >= 4 is 5.82 Å². The molecule has 1 aromatic rings. The molecule has 0 aromatic carbocycles. The predicted octanol–water partition coefficient (Wildman–Crippen LogP) is 0.930. The van der Waals surface area contributed by atoms with Crippen LogP contribution in [0.1, 0.15) is 25.5 Å². The molecule has 5 heteroatoms. The van der Waals surface area contributed by atoms with Crippen LogP contribution in [0.4, 0.5) is 5.82 Å². The molecule has 0 bridgehead atoms. The zero-order valence-corrected chi connectivity index (χ0v) is 12.1. The molecule has 5 nitrogen and oxygen atoms in total. The third-order valence-electron chi connectivity index (χ3n) is 3.48. The average molecular weight is 264 g/mol. The van der Waals surface area contributed by atoms with Gasteiger partial charge >= 0.3 is 0 Å². The molecular weight excluding hydrogens is 240 g/mol. The molecule has 0 spiro atoms. The number of nitrogens with zero attached hydrogens (tertiary/aromatic N) is 4. The van der Waals surface area contributed by atoms with Gasteiger partial charge in [0, 0.05) is 30.9 Å². The lowest BCUT2D eigenvalue weighted by Crippen LogP contribution is -2.38. The minimum Gasteiger partial charge on any atom is -0.391 e. The minimum absolute atomic E-state index is 0.255. The predicted molar refractivity (Wildman–Crippen MR) is 76.3 cm³/mol. The zero-order valence-electron chi connectivity index (χ0n) is 12.1. The third kappa shape index (κ3) is 3.64. The minimum atomic E-state index is -0.255. The number of aryl methyl sites for hydroxylation is 1. The molecule has 2 unspecified atom stereocenters. The Morgan fingerprint density at radius 1 is 1.42 bits per heavy atom. The fourth-order valence-electron chi connectivity index (χ4n) is 2.70. The summed E-state index contributed by atoms with van der Waals surface area (Å²) in [6, 6.07) is 2.39. The van der Waals surface area contributed by atoms with Gasteiger partial charge in [0.1, 0.15) is 12.1 Å². The van der Waals surface area contributed by atoms with E-state index >= 15 is 0 Å². The molecular formula is C14H24N4O. The summed E-state index contributed by atoms with van der Waals surface area (Å²) in [7, 11) is 4.12. The number of aliphatic hydroxyl groups excluding tert-OH is 1. The van der Waals surface area contributed by atoms with Gasteiger partial charge in [0.2, 0.25) is 0 Å². The maximum atomic E-state index is 9.91. The second-order valence-corrected chi connectivity index (χ2v) is 5.58. The van der Waals surface area contributed by atoms with Crippen molar-refractivity contribution < 1.29 is 5.11 Å². The van der Waals surface area contributed by atoms with Crippen LogP contribution < -0.4 is 4.90 Å². The van der Waals surface area contributed by atoms with Crippen LogP contribution in [0.15, 0.2) is 12.4 Å². The van der Waals surface area contributed by atoms with Crippen LogP contribution in [0.25, 0.3) is 0 Å². The van der Waals surface area contributed by atoms with E-state index in [1.165, 1.54) is 0 Å². The number of anilines is 1. The van der Waals surface area contributed by atoms with Crippen molar-refractivity contribution in [3.8, 4) is 0 Å². The first-order valence-electron chi connectivity index (χ1n) is 7.00. The van der Waals surface area contributed by atoms with E-state index < -0.39 is 0 Å². The van der Waals surface area contributed by atoms with E-state index in [1.54, 1.807) is 6.33 Å². The maximum absolute atomic E-state index is 9.91. The van der Waals surface area contributed by atoms with E-state index in [0.29, 0.717) is 12.6 Å². The number of likely N-dealkylation sites (N-methyl/N-ethyl adjacent to an activating group) is 1. The van der Waals surface area contributed by atoms with Gasteiger partial charge in [-0.25, -0.2) is 9.97 Å². The summed E-state index contributed by atoms with van der Waals surface area (Å²) in [6.07, 6.45) is 4.25. The van der Waals surface area contributed by atoms with Crippen LogP contribution >= 0.6 is 0 Å². The summed E-state index contributed by atoms with van der Waals surface area (Å²) < 4.78 is 0. The Kier molecular flexibility index (Phi) is 4.71. The monoisotopic (exact) mass is 264 g/mol. The Labute approximate surface area is 115 Å². The van der Waals surface area contributed by atoms with Gasteiger partial charge in [-0.3, -0.25) is 0 Å². The molecule has 1 N–H and O–H groups in total. The Hall–Kier alpha value is -1.20. The van der Waals surface area contributed by atoms with Crippen LogP contribution in [-0.4, -0.2) is 59.3 Å². The summed E-state index contributed by atoms with van der Waals surface area (Å²) in [4.78, 5) is 13.0. The summed E-state index contributed by atoms with van der Waals surface area (Å²) >= 11 is 0. The van der Waals surface area contributed by atoms with Crippen molar-refractivity contribution in [2.75, 3.05) is 32.1 Å². The molecule has 2 atom stereocenters. The molecule has 2 heterocycles. The van der Waals surface area contributed by atoms with E-state index in [4.69, 9.17) is 0 Å². The van der Waals surface area contributed by atoms with Crippen LogP contribution in [0.2, 0.25) is 0 Å². The highest BCUT2D eigenvalue weighted by Crippen LogP contribution is 2.24. The standard InChI is InChI=1S/C14H24N4O/c1-4-5-11-6-14(16-10-15-11)18-9-13(19)7-12(18)8-17(2)3/h6,10,12-13,19H,4-5,7-9H2,1-3H3. The van der Waals surface area contributed by atoms with Crippen molar-refractivity contribution in [2.24, 2.45) is 0 Å². The van der Waals surface area contributed by atoms with Crippen molar-refractivity contribution in [1.29, 1.82) is 0 Å². The first-order chi connectivity index (χ1) is 9.10. The molecule has 1 saturated heterocycles. The number of β-amino-alcohol motifs (C(OH)–C–C–N with tert-alkyl or cyclic N) is 1. The van der Waals surface area contributed by atoms with Gasteiger partial charge in [-0.15, -0.1) is 0 Å². The largest absolute Gasteiger partial charge is 0.391 e. The molecule has 0 saturated carbocycles. The van der Waals surface area contributed by atoms with E-state index in [1.807, 2.05) is 0 Å². The van der Waals surface area contributed by atoms with Gasteiger partial charge in [-0.2, -0.15) is 0 Å². The third-order valence-corrected chi connectivity index (χ3v) is 3.48. The van der Waals surface area contributed by atoms with E-state index in [0.717, 1.165) is 37.3 Å². The molecule has 1 fully saturated rings. The molecule has 19 heavy (non-hydrogen) atoms. The number of hydrogen-bond acceptors (Lipinski definition) is 5. The molecule has 1 aromatic heterocycles. The molecule has 0 amide bonds. The topological polar surface area (TPSA) is 52.5 Å². The zero-order chi connectivity index (χ0) is 13.8. The molecule has 1 aliphatic heterocycles. The smallest absolute Gasteiger partial charge is 0.132 e. The van der Waals surface area contributed by atoms with Gasteiger partial charge in [0.25, 0.3) is 0 Å². The second-order valence-electron chi connectivity index (χ2n) is 5.58. The SMILES string of the molecule is CCCc1cc(N2CC(O)CC2CN(C)C)ncn1. The second kappa shape index (κ2) is 6.30. The highest BCUT2D eigenvalue weighted by atomic mass is 16.3. The molecule has 0 radical (unpaired) electrons. The van der Waals surface area contributed by atoms with Crippen molar-refractivity contribution in [3.63, 3.8) is 0 Å². The van der Waals surface area contributed by atoms with E-state index in [2.05, 4.69) is 46.9 Å². The number of aromatic nitrogens is 2. The molecule has 2 rings (SSSR count). The van der Waals surface area contributed by atoms with Crippen molar-refractivity contribution in [3.05, 3.63) is 18.1 Å². The fourth-order valence-corrected chi connectivity index (χ4v) is 2.70. The molecule has 1 aliphatic rings. The summed E-state index contributed by atoms with van der Waals surface area (Å²) in [5, 5.41) is 9.91. The Bertz CT molecular complexity index is 410. The summed E-state index contributed by atoms with van der Waals surface area (Å²) in [5.41, 5.74) is 1.08. The van der Waals surface area contributed by atoms with Gasteiger partial charge in [-0.1, -0.05) is 13.3 Å².